The van der Waals surface area contributed by atoms with Gasteiger partial charge in [0.2, 0.25) is 0 Å². The van der Waals surface area contributed by atoms with Crippen LogP contribution in [-0.2, 0) is 4.74 Å². The number of ether oxygens (including phenoxy) is 1. The van der Waals surface area contributed by atoms with Gasteiger partial charge in [-0.25, -0.2) is 0 Å². The SMILES string of the molecule is CC(C)(S)CC(C)(C)SCC1CO1. The quantitative estimate of drug-likeness (QED) is 0.565. The average molecular weight is 220 g/mol. The van der Waals surface area contributed by atoms with Crippen molar-refractivity contribution in [3.63, 3.8) is 0 Å². The number of thioether (sulfide) groups is 1. The van der Waals surface area contributed by atoms with Crippen molar-refractivity contribution in [2.45, 2.75) is 49.7 Å². The largest absolute Gasteiger partial charge is 0.372 e. The van der Waals surface area contributed by atoms with Gasteiger partial charge in [0, 0.05) is 15.2 Å². The van der Waals surface area contributed by atoms with Crippen molar-refractivity contribution in [1.29, 1.82) is 0 Å². The van der Waals surface area contributed by atoms with Crippen molar-refractivity contribution >= 4 is 24.4 Å². The molecule has 3 heteroatoms. The number of thiol groups is 1. The van der Waals surface area contributed by atoms with Crippen LogP contribution >= 0.6 is 24.4 Å². The van der Waals surface area contributed by atoms with Crippen molar-refractivity contribution < 1.29 is 4.74 Å². The number of epoxide rings is 1. The maximum Gasteiger partial charge on any atom is 0.0900 e. The lowest BCUT2D eigenvalue weighted by atomic mass is 9.99. The fraction of sp³-hybridized carbons (Fsp3) is 1.00. The highest BCUT2D eigenvalue weighted by molar-refractivity contribution is 8.00. The zero-order valence-electron chi connectivity index (χ0n) is 8.96. The van der Waals surface area contributed by atoms with Crippen LogP contribution in [0.15, 0.2) is 0 Å². The zero-order chi connectivity index (χ0) is 10.1. The van der Waals surface area contributed by atoms with Crippen molar-refractivity contribution in [3.8, 4) is 0 Å². The molecule has 1 nitrogen and oxygen atoms in total. The molecule has 1 aliphatic rings. The lowest BCUT2D eigenvalue weighted by Gasteiger charge is -2.31. The number of hydrogen-bond acceptors (Lipinski definition) is 3. The standard InChI is InChI=1S/C10H20OS2/c1-9(2,12)7-10(3,4)13-6-8-5-11-8/h8,12H,5-7H2,1-4H3. The first-order valence-electron chi connectivity index (χ1n) is 4.76. The van der Waals surface area contributed by atoms with Gasteiger partial charge in [-0.2, -0.15) is 24.4 Å². The predicted octanol–water partition coefficient (Wildman–Crippen LogP) is 3.00. The van der Waals surface area contributed by atoms with Crippen LogP contribution in [0.3, 0.4) is 0 Å². The van der Waals surface area contributed by atoms with E-state index < -0.39 is 0 Å². The first kappa shape index (κ1) is 11.7. The van der Waals surface area contributed by atoms with E-state index in [4.69, 9.17) is 4.74 Å². The van der Waals surface area contributed by atoms with Crippen LogP contribution < -0.4 is 0 Å². The molecule has 0 bridgehead atoms. The van der Waals surface area contributed by atoms with Gasteiger partial charge in [0.05, 0.1) is 12.7 Å². The molecule has 1 fully saturated rings. The van der Waals surface area contributed by atoms with E-state index in [1.807, 2.05) is 11.8 Å². The van der Waals surface area contributed by atoms with Gasteiger partial charge in [0.25, 0.3) is 0 Å². The Kier molecular flexibility index (Phi) is 3.64. The van der Waals surface area contributed by atoms with E-state index in [1.165, 1.54) is 0 Å². The van der Waals surface area contributed by atoms with E-state index in [-0.39, 0.29) is 4.75 Å². The molecule has 1 atom stereocenters. The second-order valence-corrected chi connectivity index (χ2v) is 7.95. The van der Waals surface area contributed by atoms with E-state index in [1.54, 1.807) is 0 Å². The third-order valence-electron chi connectivity index (χ3n) is 1.92. The van der Waals surface area contributed by atoms with Crippen LogP contribution in [0, 0.1) is 0 Å². The van der Waals surface area contributed by atoms with Crippen molar-refractivity contribution in [3.05, 3.63) is 0 Å². The van der Waals surface area contributed by atoms with Gasteiger partial charge in [-0.05, 0) is 6.42 Å². The summed E-state index contributed by atoms with van der Waals surface area (Å²) in [4.78, 5) is 0. The first-order chi connectivity index (χ1) is 5.79. The Balaban J connectivity index is 2.26. The summed E-state index contributed by atoms with van der Waals surface area (Å²) >= 11 is 6.57. The molecule has 0 aromatic carbocycles. The smallest absolute Gasteiger partial charge is 0.0900 e. The van der Waals surface area contributed by atoms with E-state index in [0.29, 0.717) is 10.9 Å². The van der Waals surface area contributed by atoms with Crippen molar-refractivity contribution in [2.75, 3.05) is 12.4 Å². The van der Waals surface area contributed by atoms with Gasteiger partial charge in [0.1, 0.15) is 0 Å². The molecule has 0 saturated carbocycles. The second-order valence-electron chi connectivity index (χ2n) is 5.02. The molecule has 13 heavy (non-hydrogen) atoms. The predicted molar refractivity (Wildman–Crippen MR) is 64.0 cm³/mol. The molecular formula is C10H20OS2. The van der Waals surface area contributed by atoms with Crippen LogP contribution in [0.25, 0.3) is 0 Å². The van der Waals surface area contributed by atoms with Gasteiger partial charge in [-0.15, -0.1) is 0 Å². The van der Waals surface area contributed by atoms with Crippen LogP contribution in [0.2, 0.25) is 0 Å². The summed E-state index contributed by atoms with van der Waals surface area (Å²) < 4.78 is 5.64. The minimum Gasteiger partial charge on any atom is -0.372 e. The Morgan fingerprint density at radius 1 is 1.38 bits per heavy atom. The van der Waals surface area contributed by atoms with Gasteiger partial charge >= 0.3 is 0 Å². The summed E-state index contributed by atoms with van der Waals surface area (Å²) in [5.41, 5.74) is 0. The monoisotopic (exact) mass is 220 g/mol. The Hall–Kier alpha value is 0.660. The molecule has 0 amide bonds. The minimum absolute atomic E-state index is 0.126. The molecular weight excluding hydrogens is 200 g/mol. The molecule has 0 N–H and O–H groups in total. The normalized spacial score (nSPS) is 23.3. The fourth-order valence-electron chi connectivity index (χ4n) is 1.58. The molecule has 1 aliphatic heterocycles. The summed E-state index contributed by atoms with van der Waals surface area (Å²) in [5, 5.41) is 0. The molecule has 78 valence electrons. The minimum atomic E-state index is 0.126. The van der Waals surface area contributed by atoms with Gasteiger partial charge in [-0.1, -0.05) is 27.7 Å². The lowest BCUT2D eigenvalue weighted by Crippen LogP contribution is -2.27. The summed E-state index contributed by atoms with van der Waals surface area (Å²) in [6.07, 6.45) is 1.66. The molecule has 1 heterocycles. The van der Waals surface area contributed by atoms with E-state index in [9.17, 15) is 0 Å². The van der Waals surface area contributed by atoms with Crippen molar-refractivity contribution in [2.24, 2.45) is 0 Å². The molecule has 0 spiro atoms. The van der Waals surface area contributed by atoms with Crippen LogP contribution in [0.1, 0.15) is 34.1 Å². The number of rotatable bonds is 5. The van der Waals surface area contributed by atoms with E-state index in [0.717, 1.165) is 18.8 Å². The highest BCUT2D eigenvalue weighted by Gasteiger charge is 2.30. The van der Waals surface area contributed by atoms with Gasteiger partial charge in [-0.3, -0.25) is 0 Å². The molecule has 1 saturated heterocycles. The maximum absolute atomic E-state index is 5.19. The van der Waals surface area contributed by atoms with Crippen LogP contribution in [0.4, 0.5) is 0 Å². The maximum atomic E-state index is 5.19. The van der Waals surface area contributed by atoms with Crippen LogP contribution in [0.5, 0.6) is 0 Å². The molecule has 0 aliphatic carbocycles. The fourth-order valence-corrected chi connectivity index (χ4v) is 3.37. The average Bonchev–Trinajstić information content (AvgIpc) is 2.59. The highest BCUT2D eigenvalue weighted by atomic mass is 32.2. The highest BCUT2D eigenvalue weighted by Crippen LogP contribution is 2.37. The van der Waals surface area contributed by atoms with Gasteiger partial charge < -0.3 is 4.74 Å². The topological polar surface area (TPSA) is 12.5 Å². The molecule has 0 radical (unpaired) electrons. The Bertz CT molecular complexity index is 168. The Morgan fingerprint density at radius 3 is 2.31 bits per heavy atom. The second kappa shape index (κ2) is 4.03. The summed E-state index contributed by atoms with van der Waals surface area (Å²) in [5.74, 6) is 1.14. The molecule has 1 unspecified atom stereocenters. The Labute approximate surface area is 91.4 Å². The third kappa shape index (κ3) is 5.87. The van der Waals surface area contributed by atoms with Gasteiger partial charge in [0.15, 0.2) is 0 Å². The van der Waals surface area contributed by atoms with E-state index in [2.05, 4.69) is 40.3 Å². The van der Waals surface area contributed by atoms with Crippen LogP contribution in [-0.4, -0.2) is 28.0 Å². The first-order valence-corrected chi connectivity index (χ1v) is 6.20. The summed E-state index contributed by atoms with van der Waals surface area (Å²) in [6, 6.07) is 0. The molecule has 1 rings (SSSR count). The molecule has 0 aromatic rings. The summed E-state index contributed by atoms with van der Waals surface area (Å²) in [6.45, 7) is 9.89. The van der Waals surface area contributed by atoms with Crippen molar-refractivity contribution in [1.82, 2.24) is 0 Å². The van der Waals surface area contributed by atoms with E-state index >= 15 is 0 Å². The summed E-state index contributed by atoms with van der Waals surface area (Å²) in [7, 11) is 0. The molecule has 0 aromatic heterocycles. The Morgan fingerprint density at radius 2 is 1.92 bits per heavy atom. The third-order valence-corrected chi connectivity index (χ3v) is 3.54. The lowest BCUT2D eigenvalue weighted by molar-refractivity contribution is 0.425. The number of hydrogen-bond donors (Lipinski definition) is 1. The zero-order valence-corrected chi connectivity index (χ0v) is 10.7.